The number of hydrogen-bond acceptors (Lipinski definition) is 4. The highest BCUT2D eigenvalue weighted by Crippen LogP contribution is 2.26. The molecule has 1 amide bonds. The van der Waals surface area contributed by atoms with Gasteiger partial charge in [0.05, 0.1) is 6.61 Å². The van der Waals surface area contributed by atoms with Crippen LogP contribution in [-0.4, -0.2) is 36.7 Å². The summed E-state index contributed by atoms with van der Waals surface area (Å²) in [6.07, 6.45) is 0.0221. The highest BCUT2D eigenvalue weighted by molar-refractivity contribution is 5.77. The van der Waals surface area contributed by atoms with Crippen molar-refractivity contribution in [1.82, 2.24) is 5.32 Å². The van der Waals surface area contributed by atoms with E-state index in [1.54, 1.807) is 25.1 Å². The maximum absolute atomic E-state index is 11.7. The number of amides is 1. The van der Waals surface area contributed by atoms with Gasteiger partial charge in [-0.05, 0) is 25.0 Å². The summed E-state index contributed by atoms with van der Waals surface area (Å²) in [5, 5.41) is 11.3. The van der Waals surface area contributed by atoms with Crippen LogP contribution in [0.5, 0.6) is 11.5 Å². The summed E-state index contributed by atoms with van der Waals surface area (Å²) in [6, 6.07) is 7.12. The molecule has 0 saturated heterocycles. The normalized spacial score (nSPS) is 11.5. The van der Waals surface area contributed by atoms with E-state index in [2.05, 4.69) is 5.32 Å². The Balaban J connectivity index is 2.38. The Morgan fingerprint density at radius 2 is 1.86 bits per heavy atom. The van der Waals surface area contributed by atoms with E-state index in [-0.39, 0.29) is 24.9 Å². The number of ether oxygens (including phenoxy) is 2. The summed E-state index contributed by atoms with van der Waals surface area (Å²) in [5.74, 6) is -0.195. The minimum atomic E-state index is -0.876. The maximum atomic E-state index is 11.7. The fourth-order valence-electron chi connectivity index (χ4n) is 1.70. The average molecular weight is 295 g/mol. The molecule has 0 fully saturated rings. The molecule has 0 spiro atoms. The first kappa shape index (κ1) is 16.8. The molecule has 0 heterocycles. The van der Waals surface area contributed by atoms with E-state index in [1.165, 1.54) is 0 Å². The lowest BCUT2D eigenvalue weighted by Gasteiger charge is -2.13. The van der Waals surface area contributed by atoms with E-state index in [0.29, 0.717) is 24.7 Å². The van der Waals surface area contributed by atoms with Gasteiger partial charge in [0.2, 0.25) is 0 Å². The van der Waals surface area contributed by atoms with Crippen molar-refractivity contribution in [3.8, 4) is 11.5 Å². The Bertz CT molecular complexity index is 475. The molecule has 1 unspecified atom stereocenters. The zero-order chi connectivity index (χ0) is 15.7. The van der Waals surface area contributed by atoms with E-state index in [4.69, 9.17) is 14.6 Å². The third kappa shape index (κ3) is 6.65. The predicted molar refractivity (Wildman–Crippen MR) is 77.5 cm³/mol. The van der Waals surface area contributed by atoms with Gasteiger partial charge in [0.15, 0.2) is 18.1 Å². The lowest BCUT2D eigenvalue weighted by atomic mass is 10.1. The van der Waals surface area contributed by atoms with Crippen LogP contribution in [0.15, 0.2) is 24.3 Å². The molecule has 0 radical (unpaired) electrons. The fraction of sp³-hybridized carbons (Fsp3) is 0.467. The first-order valence-electron chi connectivity index (χ1n) is 6.86. The summed E-state index contributed by atoms with van der Waals surface area (Å²) >= 11 is 0. The Labute approximate surface area is 124 Å². The number of carboxylic acids is 1. The van der Waals surface area contributed by atoms with Gasteiger partial charge < -0.3 is 19.9 Å². The van der Waals surface area contributed by atoms with Crippen LogP contribution in [0.25, 0.3) is 0 Å². The molecular formula is C15H21NO5. The van der Waals surface area contributed by atoms with Crippen LogP contribution in [0.2, 0.25) is 0 Å². The van der Waals surface area contributed by atoms with Crippen LogP contribution in [0.4, 0.5) is 0 Å². The smallest absolute Gasteiger partial charge is 0.303 e. The molecular weight excluding hydrogens is 274 g/mol. The first-order chi connectivity index (χ1) is 10.0. The van der Waals surface area contributed by atoms with Gasteiger partial charge in [0.1, 0.15) is 0 Å². The van der Waals surface area contributed by atoms with Gasteiger partial charge in [-0.1, -0.05) is 19.1 Å². The molecule has 116 valence electrons. The van der Waals surface area contributed by atoms with Gasteiger partial charge in [0.25, 0.3) is 5.91 Å². The monoisotopic (exact) mass is 295 g/mol. The molecule has 0 aromatic heterocycles. The van der Waals surface area contributed by atoms with Crippen LogP contribution < -0.4 is 14.8 Å². The van der Waals surface area contributed by atoms with Crippen LogP contribution in [-0.2, 0) is 9.59 Å². The van der Waals surface area contributed by atoms with E-state index in [9.17, 15) is 9.59 Å². The van der Waals surface area contributed by atoms with Crippen molar-refractivity contribution in [1.29, 1.82) is 0 Å². The molecule has 6 heteroatoms. The van der Waals surface area contributed by atoms with Crippen LogP contribution in [0, 0.1) is 5.92 Å². The number of rotatable bonds is 9. The van der Waals surface area contributed by atoms with Gasteiger partial charge in [0, 0.05) is 13.0 Å². The van der Waals surface area contributed by atoms with Gasteiger partial charge in [-0.2, -0.15) is 0 Å². The maximum Gasteiger partial charge on any atom is 0.303 e. The second-order valence-electron chi connectivity index (χ2n) is 4.68. The molecule has 6 nitrogen and oxygen atoms in total. The summed E-state index contributed by atoms with van der Waals surface area (Å²) in [6.45, 7) is 4.32. The second-order valence-corrected chi connectivity index (χ2v) is 4.68. The van der Waals surface area contributed by atoms with Gasteiger partial charge in [-0.25, -0.2) is 0 Å². The number of benzene rings is 1. The van der Waals surface area contributed by atoms with E-state index in [1.807, 2.05) is 13.0 Å². The van der Waals surface area contributed by atoms with Crippen molar-refractivity contribution in [3.05, 3.63) is 24.3 Å². The minimum absolute atomic E-state index is 0.0221. The Hall–Kier alpha value is -2.24. The lowest BCUT2D eigenvalue weighted by Crippen LogP contribution is -2.33. The number of carbonyl (C=O) groups is 2. The second kappa shape index (κ2) is 8.84. The average Bonchev–Trinajstić information content (AvgIpc) is 2.44. The molecule has 2 N–H and O–H groups in total. The number of para-hydroxylation sites is 2. The van der Waals surface area contributed by atoms with E-state index < -0.39 is 5.97 Å². The zero-order valence-electron chi connectivity index (χ0n) is 12.3. The third-order valence-electron chi connectivity index (χ3n) is 2.68. The Morgan fingerprint density at radius 1 is 1.24 bits per heavy atom. The molecule has 0 aliphatic carbocycles. The van der Waals surface area contributed by atoms with E-state index >= 15 is 0 Å². The molecule has 1 rings (SSSR count). The molecule has 1 aromatic rings. The standard InChI is InChI=1S/C15H21NO5/c1-3-20-12-6-4-5-7-13(12)21-10-14(17)16-9-11(2)8-15(18)19/h4-7,11H,3,8-10H2,1-2H3,(H,16,17)(H,18,19). The molecule has 1 atom stereocenters. The summed E-state index contributed by atoms with van der Waals surface area (Å²) < 4.78 is 10.8. The van der Waals surface area contributed by atoms with Crippen molar-refractivity contribution >= 4 is 11.9 Å². The van der Waals surface area contributed by atoms with Crippen molar-refractivity contribution in [3.63, 3.8) is 0 Å². The molecule has 0 aliphatic heterocycles. The highest BCUT2D eigenvalue weighted by atomic mass is 16.5. The van der Waals surface area contributed by atoms with Crippen LogP contribution >= 0.6 is 0 Å². The summed E-state index contributed by atoms with van der Waals surface area (Å²) in [7, 11) is 0. The summed E-state index contributed by atoms with van der Waals surface area (Å²) in [5.41, 5.74) is 0. The molecule has 0 bridgehead atoms. The largest absolute Gasteiger partial charge is 0.490 e. The zero-order valence-corrected chi connectivity index (χ0v) is 12.3. The van der Waals surface area contributed by atoms with Crippen molar-refractivity contribution in [2.45, 2.75) is 20.3 Å². The number of carboxylic acid groups (broad SMARTS) is 1. The van der Waals surface area contributed by atoms with Crippen molar-refractivity contribution in [2.75, 3.05) is 19.8 Å². The number of aliphatic carboxylic acids is 1. The highest BCUT2D eigenvalue weighted by Gasteiger charge is 2.11. The quantitative estimate of drug-likeness (QED) is 0.724. The Morgan fingerprint density at radius 3 is 2.43 bits per heavy atom. The lowest BCUT2D eigenvalue weighted by molar-refractivity contribution is -0.138. The number of carbonyl (C=O) groups excluding carboxylic acids is 1. The number of hydrogen-bond donors (Lipinski definition) is 2. The summed E-state index contributed by atoms with van der Waals surface area (Å²) in [4.78, 5) is 22.2. The first-order valence-corrected chi connectivity index (χ1v) is 6.86. The topological polar surface area (TPSA) is 84.9 Å². The molecule has 0 saturated carbocycles. The van der Waals surface area contributed by atoms with Gasteiger partial charge in [-0.15, -0.1) is 0 Å². The van der Waals surface area contributed by atoms with E-state index in [0.717, 1.165) is 0 Å². The predicted octanol–water partition coefficient (Wildman–Crippen LogP) is 1.69. The molecule has 21 heavy (non-hydrogen) atoms. The van der Waals surface area contributed by atoms with Crippen LogP contribution in [0.3, 0.4) is 0 Å². The number of nitrogens with one attached hydrogen (secondary N) is 1. The van der Waals surface area contributed by atoms with Gasteiger partial charge in [-0.3, -0.25) is 9.59 Å². The molecule has 0 aliphatic rings. The minimum Gasteiger partial charge on any atom is -0.490 e. The SMILES string of the molecule is CCOc1ccccc1OCC(=O)NCC(C)CC(=O)O. The van der Waals surface area contributed by atoms with Crippen LogP contribution in [0.1, 0.15) is 20.3 Å². The van der Waals surface area contributed by atoms with Crippen molar-refractivity contribution in [2.24, 2.45) is 5.92 Å². The third-order valence-corrected chi connectivity index (χ3v) is 2.68. The Kier molecular flexibility index (Phi) is 7.08. The van der Waals surface area contributed by atoms with Crippen molar-refractivity contribution < 1.29 is 24.2 Å². The fourth-order valence-corrected chi connectivity index (χ4v) is 1.70. The molecule has 1 aromatic carbocycles. The van der Waals surface area contributed by atoms with Gasteiger partial charge >= 0.3 is 5.97 Å².